The van der Waals surface area contributed by atoms with Crippen molar-refractivity contribution in [1.29, 1.82) is 0 Å². The van der Waals surface area contributed by atoms with Crippen molar-refractivity contribution < 1.29 is 4.74 Å². The average Bonchev–Trinajstić information content (AvgIpc) is 2.53. The molecule has 1 saturated heterocycles. The van der Waals surface area contributed by atoms with Gasteiger partial charge in [0.1, 0.15) is 0 Å². The first-order valence-electron chi connectivity index (χ1n) is 8.54. The van der Waals surface area contributed by atoms with E-state index in [-0.39, 0.29) is 5.41 Å². The third-order valence-corrected chi connectivity index (χ3v) is 4.95. The van der Waals surface area contributed by atoms with Gasteiger partial charge in [0, 0.05) is 6.61 Å². The second-order valence-corrected chi connectivity index (χ2v) is 6.80. The lowest BCUT2D eigenvalue weighted by Gasteiger charge is -2.32. The Bertz CT molecular complexity index is 418. The predicted molar refractivity (Wildman–Crippen MR) is 89.8 cm³/mol. The van der Waals surface area contributed by atoms with E-state index in [4.69, 9.17) is 4.74 Å². The Morgan fingerprint density at radius 1 is 1.19 bits per heavy atom. The molecule has 1 heterocycles. The minimum atomic E-state index is 0.257. The first-order valence-corrected chi connectivity index (χ1v) is 8.54. The van der Waals surface area contributed by atoms with Crippen LogP contribution in [0.15, 0.2) is 24.3 Å². The zero-order chi connectivity index (χ0) is 15.3. The largest absolute Gasteiger partial charge is 0.376 e. The van der Waals surface area contributed by atoms with Gasteiger partial charge in [-0.25, -0.2) is 0 Å². The molecule has 0 radical (unpaired) electrons. The van der Waals surface area contributed by atoms with Crippen LogP contribution in [0.25, 0.3) is 0 Å². The van der Waals surface area contributed by atoms with Gasteiger partial charge in [-0.15, -0.1) is 0 Å². The summed E-state index contributed by atoms with van der Waals surface area (Å²) >= 11 is 0. The van der Waals surface area contributed by atoms with Gasteiger partial charge in [0.2, 0.25) is 0 Å². The molecule has 2 rings (SSSR count). The van der Waals surface area contributed by atoms with E-state index in [2.05, 4.69) is 57.3 Å². The van der Waals surface area contributed by atoms with Crippen molar-refractivity contribution in [3.8, 4) is 0 Å². The summed E-state index contributed by atoms with van der Waals surface area (Å²) in [5.41, 5.74) is 3.04. The summed E-state index contributed by atoms with van der Waals surface area (Å²) in [7, 11) is 0. The van der Waals surface area contributed by atoms with Crippen LogP contribution in [0, 0.1) is 0 Å². The quantitative estimate of drug-likeness (QED) is 0.826. The van der Waals surface area contributed by atoms with Gasteiger partial charge < -0.3 is 10.1 Å². The Kier molecular flexibility index (Phi) is 5.83. The van der Waals surface area contributed by atoms with Crippen molar-refractivity contribution in [2.24, 2.45) is 0 Å². The first-order chi connectivity index (χ1) is 10.1. The normalized spacial score (nSPS) is 21.2. The first kappa shape index (κ1) is 16.5. The van der Waals surface area contributed by atoms with Crippen molar-refractivity contribution in [1.82, 2.24) is 5.32 Å². The molecule has 0 bridgehead atoms. The van der Waals surface area contributed by atoms with Gasteiger partial charge in [0.05, 0.1) is 12.1 Å². The maximum absolute atomic E-state index is 6.00. The Hall–Kier alpha value is -0.860. The maximum Gasteiger partial charge on any atom is 0.0769 e. The highest BCUT2D eigenvalue weighted by Crippen LogP contribution is 2.30. The number of nitrogens with one attached hydrogen (secondary N) is 1. The molecule has 0 aliphatic carbocycles. The molecule has 1 fully saturated rings. The van der Waals surface area contributed by atoms with Crippen molar-refractivity contribution in [3.63, 3.8) is 0 Å². The van der Waals surface area contributed by atoms with Crippen LogP contribution in [0.4, 0.5) is 0 Å². The van der Waals surface area contributed by atoms with Crippen LogP contribution >= 0.6 is 0 Å². The molecular weight excluding hydrogens is 258 g/mol. The van der Waals surface area contributed by atoms with E-state index in [1.807, 2.05) is 0 Å². The standard InChI is InChI=1S/C19H31NO/c1-5-19(3,4)16-12-10-15(11-13-16)18(20-6-2)17-9-7-8-14-21-17/h10-13,17-18,20H,5-9,14H2,1-4H3. The summed E-state index contributed by atoms with van der Waals surface area (Å²) in [5.74, 6) is 0. The van der Waals surface area contributed by atoms with Crippen molar-refractivity contribution in [2.75, 3.05) is 13.2 Å². The topological polar surface area (TPSA) is 21.3 Å². The fraction of sp³-hybridized carbons (Fsp3) is 0.684. The second-order valence-electron chi connectivity index (χ2n) is 6.80. The predicted octanol–water partition coefficient (Wildman–Crippen LogP) is 4.59. The Balaban J connectivity index is 2.16. The van der Waals surface area contributed by atoms with Gasteiger partial charge in [0.25, 0.3) is 0 Å². The van der Waals surface area contributed by atoms with Gasteiger partial charge in [0.15, 0.2) is 0 Å². The molecule has 0 spiro atoms. The molecule has 2 nitrogen and oxygen atoms in total. The fourth-order valence-corrected chi connectivity index (χ4v) is 3.06. The monoisotopic (exact) mass is 289 g/mol. The molecule has 2 unspecified atom stereocenters. The van der Waals surface area contributed by atoms with Crippen molar-refractivity contribution in [3.05, 3.63) is 35.4 Å². The third-order valence-electron chi connectivity index (χ3n) is 4.95. The lowest BCUT2D eigenvalue weighted by atomic mass is 9.81. The zero-order valence-corrected chi connectivity index (χ0v) is 14.1. The van der Waals surface area contributed by atoms with Gasteiger partial charge in [-0.2, -0.15) is 0 Å². The highest BCUT2D eigenvalue weighted by atomic mass is 16.5. The maximum atomic E-state index is 6.00. The molecular formula is C19H31NO. The van der Waals surface area contributed by atoms with E-state index in [0.717, 1.165) is 19.6 Å². The summed E-state index contributed by atoms with van der Waals surface area (Å²) in [5, 5.41) is 3.62. The van der Waals surface area contributed by atoms with Gasteiger partial charge in [-0.3, -0.25) is 0 Å². The van der Waals surface area contributed by atoms with Gasteiger partial charge >= 0.3 is 0 Å². The molecule has 2 atom stereocenters. The van der Waals surface area contributed by atoms with Crippen molar-refractivity contribution in [2.45, 2.75) is 70.9 Å². The molecule has 1 aliphatic rings. The zero-order valence-electron chi connectivity index (χ0n) is 14.1. The molecule has 1 aromatic carbocycles. The number of rotatable bonds is 6. The van der Waals surface area contributed by atoms with Gasteiger partial charge in [-0.1, -0.05) is 52.0 Å². The average molecular weight is 289 g/mol. The molecule has 0 amide bonds. The Morgan fingerprint density at radius 2 is 1.90 bits per heavy atom. The number of hydrogen-bond donors (Lipinski definition) is 1. The highest BCUT2D eigenvalue weighted by molar-refractivity contribution is 5.30. The van der Waals surface area contributed by atoms with E-state index in [1.165, 1.54) is 30.4 Å². The SMILES string of the molecule is CCNC(c1ccc(C(C)(C)CC)cc1)C1CCCCO1. The van der Waals surface area contributed by atoms with E-state index in [1.54, 1.807) is 0 Å². The third kappa shape index (κ3) is 4.08. The molecule has 1 N–H and O–H groups in total. The number of ether oxygens (including phenoxy) is 1. The molecule has 0 aromatic heterocycles. The van der Waals surface area contributed by atoms with Crippen LogP contribution in [0.2, 0.25) is 0 Å². The van der Waals surface area contributed by atoms with Crippen molar-refractivity contribution >= 4 is 0 Å². The Morgan fingerprint density at radius 3 is 2.43 bits per heavy atom. The lowest BCUT2D eigenvalue weighted by molar-refractivity contribution is -0.00786. The summed E-state index contributed by atoms with van der Waals surface area (Å²) in [6.45, 7) is 10.9. The van der Waals surface area contributed by atoms with E-state index in [0.29, 0.717) is 12.1 Å². The molecule has 2 heteroatoms. The molecule has 21 heavy (non-hydrogen) atoms. The molecule has 1 aromatic rings. The summed E-state index contributed by atoms with van der Waals surface area (Å²) in [6, 6.07) is 9.50. The van der Waals surface area contributed by atoms with Crippen LogP contribution in [0.1, 0.15) is 70.5 Å². The van der Waals surface area contributed by atoms with Gasteiger partial charge in [-0.05, 0) is 48.8 Å². The smallest absolute Gasteiger partial charge is 0.0769 e. The summed E-state index contributed by atoms with van der Waals surface area (Å²) in [6.07, 6.45) is 5.14. The summed E-state index contributed by atoms with van der Waals surface area (Å²) in [4.78, 5) is 0. The lowest BCUT2D eigenvalue weighted by Crippen LogP contribution is -2.36. The minimum Gasteiger partial charge on any atom is -0.376 e. The van der Waals surface area contributed by atoms with Crippen LogP contribution in [0.5, 0.6) is 0 Å². The van der Waals surface area contributed by atoms with E-state index >= 15 is 0 Å². The van der Waals surface area contributed by atoms with Crippen LogP contribution in [-0.4, -0.2) is 19.3 Å². The molecule has 118 valence electrons. The van der Waals surface area contributed by atoms with Crippen LogP contribution < -0.4 is 5.32 Å². The van der Waals surface area contributed by atoms with E-state index < -0.39 is 0 Å². The molecule has 0 saturated carbocycles. The number of likely N-dealkylation sites (N-methyl/N-ethyl adjacent to an activating group) is 1. The number of benzene rings is 1. The highest BCUT2D eigenvalue weighted by Gasteiger charge is 2.26. The fourth-order valence-electron chi connectivity index (χ4n) is 3.06. The number of hydrogen-bond acceptors (Lipinski definition) is 2. The second kappa shape index (κ2) is 7.42. The van der Waals surface area contributed by atoms with Crippen LogP contribution in [0.3, 0.4) is 0 Å². The molecule has 1 aliphatic heterocycles. The van der Waals surface area contributed by atoms with Crippen LogP contribution in [-0.2, 0) is 10.2 Å². The minimum absolute atomic E-state index is 0.257. The summed E-state index contributed by atoms with van der Waals surface area (Å²) < 4.78 is 6.00. The Labute approximate surface area is 130 Å². The van der Waals surface area contributed by atoms with E-state index in [9.17, 15) is 0 Å².